The Morgan fingerprint density at radius 2 is 2.06 bits per heavy atom. The highest BCUT2D eigenvalue weighted by atomic mass is 79.9. The number of amides is 1. The maximum Gasteiger partial charge on any atom is 0.271 e. The lowest BCUT2D eigenvalue weighted by Crippen LogP contribution is -2.38. The van der Waals surface area contributed by atoms with Crippen molar-refractivity contribution in [3.63, 3.8) is 0 Å². The van der Waals surface area contributed by atoms with Gasteiger partial charge in [-0.2, -0.15) is 0 Å². The minimum atomic E-state index is 0.110. The Morgan fingerprint density at radius 1 is 1.25 bits per heavy atom. The van der Waals surface area contributed by atoms with Crippen molar-refractivity contribution in [1.82, 2.24) is 9.47 Å². The first-order valence-corrected chi connectivity index (χ1v) is 6.37. The Bertz CT molecular complexity index is 561. The Kier molecular flexibility index (Phi) is 2.24. The number of para-hydroxylation sites is 1. The number of alkyl halides is 1. The molecule has 0 unspecified atom stereocenters. The Labute approximate surface area is 102 Å². The molecule has 0 spiro atoms. The van der Waals surface area contributed by atoms with Gasteiger partial charge in [0.15, 0.2) is 0 Å². The fourth-order valence-corrected chi connectivity index (χ4v) is 2.71. The van der Waals surface area contributed by atoms with Crippen LogP contribution >= 0.6 is 15.9 Å². The predicted molar refractivity (Wildman–Crippen MR) is 66.8 cm³/mol. The van der Waals surface area contributed by atoms with E-state index in [1.54, 1.807) is 0 Å². The number of fused-ring (bicyclic) bond motifs is 3. The van der Waals surface area contributed by atoms with E-state index < -0.39 is 0 Å². The second-order valence-corrected chi connectivity index (χ2v) is 4.43. The van der Waals surface area contributed by atoms with E-state index >= 15 is 0 Å². The molecule has 3 rings (SSSR count). The second kappa shape index (κ2) is 3.63. The zero-order valence-electron chi connectivity index (χ0n) is 8.69. The molecular weight excluding hydrogens is 268 g/mol. The minimum absolute atomic E-state index is 0.110. The van der Waals surface area contributed by atoms with E-state index in [2.05, 4.69) is 26.6 Å². The molecule has 0 aliphatic carbocycles. The molecule has 0 saturated carbocycles. The standard InChI is InChI=1S/C12H11BrN2O/c13-8-14-5-6-15-10-4-2-1-3-9(10)7-11(15)12(14)16/h1-4,7H,5-6,8H2. The molecular formula is C12H11BrN2O. The molecule has 1 aromatic heterocycles. The summed E-state index contributed by atoms with van der Waals surface area (Å²) in [6, 6.07) is 10.1. The van der Waals surface area contributed by atoms with Crippen molar-refractivity contribution in [2.75, 3.05) is 12.0 Å². The highest BCUT2D eigenvalue weighted by Gasteiger charge is 2.24. The molecule has 0 radical (unpaired) electrons. The molecule has 1 amide bonds. The number of aromatic nitrogens is 1. The van der Waals surface area contributed by atoms with Gasteiger partial charge in [0.25, 0.3) is 5.91 Å². The van der Waals surface area contributed by atoms with E-state index in [0.29, 0.717) is 5.45 Å². The summed E-state index contributed by atoms with van der Waals surface area (Å²) in [7, 11) is 0. The highest BCUT2D eigenvalue weighted by Crippen LogP contribution is 2.24. The normalized spacial score (nSPS) is 15.6. The fourth-order valence-electron chi connectivity index (χ4n) is 2.23. The Hall–Kier alpha value is -1.29. The van der Waals surface area contributed by atoms with Crippen LogP contribution in [0.2, 0.25) is 0 Å². The molecule has 1 aromatic carbocycles. The Balaban J connectivity index is 2.21. The molecule has 1 aliphatic heterocycles. The summed E-state index contributed by atoms with van der Waals surface area (Å²) in [6.45, 7) is 1.65. The number of halogens is 1. The first kappa shape index (κ1) is 9.90. The van der Waals surface area contributed by atoms with Crippen LogP contribution in [-0.4, -0.2) is 27.4 Å². The van der Waals surface area contributed by atoms with E-state index in [0.717, 1.165) is 29.7 Å². The van der Waals surface area contributed by atoms with Crippen LogP contribution in [0.1, 0.15) is 10.5 Å². The summed E-state index contributed by atoms with van der Waals surface area (Å²) in [5.41, 5.74) is 2.56. The van der Waals surface area contributed by atoms with Gasteiger partial charge < -0.3 is 9.47 Å². The number of hydrogen-bond acceptors (Lipinski definition) is 1. The van der Waals surface area contributed by atoms with Crippen LogP contribution in [-0.2, 0) is 6.54 Å². The lowest BCUT2D eigenvalue weighted by molar-refractivity contribution is 0.0743. The zero-order chi connectivity index (χ0) is 11.1. The number of hydrogen-bond donors (Lipinski definition) is 0. The highest BCUT2D eigenvalue weighted by molar-refractivity contribution is 9.09. The molecule has 2 aromatic rings. The fraction of sp³-hybridized carbons (Fsp3) is 0.250. The van der Waals surface area contributed by atoms with Crippen molar-refractivity contribution in [2.24, 2.45) is 0 Å². The van der Waals surface area contributed by atoms with E-state index in [4.69, 9.17) is 0 Å². The average Bonchev–Trinajstić information content (AvgIpc) is 2.69. The molecule has 0 N–H and O–H groups in total. The van der Waals surface area contributed by atoms with E-state index in [1.807, 2.05) is 29.2 Å². The molecule has 16 heavy (non-hydrogen) atoms. The summed E-state index contributed by atoms with van der Waals surface area (Å²) in [5, 5.41) is 1.14. The molecule has 82 valence electrons. The Morgan fingerprint density at radius 3 is 2.88 bits per heavy atom. The SMILES string of the molecule is O=C1c2cc3ccccc3n2CCN1CBr. The van der Waals surface area contributed by atoms with Crippen LogP contribution in [0.15, 0.2) is 30.3 Å². The van der Waals surface area contributed by atoms with Crippen LogP contribution in [0.3, 0.4) is 0 Å². The van der Waals surface area contributed by atoms with Gasteiger partial charge in [-0.15, -0.1) is 0 Å². The maximum atomic E-state index is 12.1. The number of rotatable bonds is 1. The first-order chi connectivity index (χ1) is 7.81. The van der Waals surface area contributed by atoms with Crippen molar-refractivity contribution < 1.29 is 4.79 Å². The largest absolute Gasteiger partial charge is 0.335 e. The summed E-state index contributed by atoms with van der Waals surface area (Å²) >= 11 is 3.34. The quantitative estimate of drug-likeness (QED) is 0.581. The van der Waals surface area contributed by atoms with Gasteiger partial charge >= 0.3 is 0 Å². The van der Waals surface area contributed by atoms with Gasteiger partial charge in [0.2, 0.25) is 0 Å². The molecule has 1 aliphatic rings. The molecule has 3 nitrogen and oxygen atoms in total. The summed E-state index contributed by atoms with van der Waals surface area (Å²) < 4.78 is 2.11. The molecule has 4 heteroatoms. The molecule has 0 fully saturated rings. The molecule has 0 atom stereocenters. The summed E-state index contributed by atoms with van der Waals surface area (Å²) in [5.74, 6) is 0.110. The predicted octanol–water partition coefficient (Wildman–Crippen LogP) is 2.45. The minimum Gasteiger partial charge on any atom is -0.335 e. The van der Waals surface area contributed by atoms with Crippen molar-refractivity contribution in [1.29, 1.82) is 0 Å². The molecule has 0 saturated heterocycles. The number of benzene rings is 1. The van der Waals surface area contributed by atoms with E-state index in [9.17, 15) is 4.79 Å². The zero-order valence-corrected chi connectivity index (χ0v) is 10.3. The van der Waals surface area contributed by atoms with Gasteiger partial charge in [0.1, 0.15) is 5.69 Å². The van der Waals surface area contributed by atoms with E-state index in [-0.39, 0.29) is 5.91 Å². The smallest absolute Gasteiger partial charge is 0.271 e. The second-order valence-electron chi connectivity index (χ2n) is 3.93. The monoisotopic (exact) mass is 278 g/mol. The molecule has 2 heterocycles. The third-order valence-electron chi connectivity index (χ3n) is 3.05. The third kappa shape index (κ3) is 1.29. The van der Waals surface area contributed by atoms with Gasteiger partial charge in [0.05, 0.1) is 5.45 Å². The van der Waals surface area contributed by atoms with Gasteiger partial charge in [-0.25, -0.2) is 0 Å². The van der Waals surface area contributed by atoms with Gasteiger partial charge in [-0.05, 0) is 12.1 Å². The number of carbonyl (C=O) groups excluding carboxylic acids is 1. The van der Waals surface area contributed by atoms with Crippen LogP contribution < -0.4 is 0 Å². The summed E-state index contributed by atoms with van der Waals surface area (Å²) in [6.07, 6.45) is 0. The van der Waals surface area contributed by atoms with Crippen LogP contribution in [0.4, 0.5) is 0 Å². The maximum absolute atomic E-state index is 12.1. The molecule has 0 bridgehead atoms. The number of nitrogens with zero attached hydrogens (tertiary/aromatic N) is 2. The van der Waals surface area contributed by atoms with Gasteiger partial charge in [-0.3, -0.25) is 4.79 Å². The van der Waals surface area contributed by atoms with E-state index in [1.165, 1.54) is 0 Å². The topological polar surface area (TPSA) is 25.2 Å². The summed E-state index contributed by atoms with van der Waals surface area (Å²) in [4.78, 5) is 13.9. The van der Waals surface area contributed by atoms with Crippen molar-refractivity contribution >= 4 is 32.7 Å². The van der Waals surface area contributed by atoms with Crippen LogP contribution in [0.5, 0.6) is 0 Å². The van der Waals surface area contributed by atoms with Gasteiger partial charge in [0, 0.05) is 24.0 Å². The first-order valence-electron chi connectivity index (χ1n) is 5.25. The average molecular weight is 279 g/mol. The number of carbonyl (C=O) groups is 1. The lowest BCUT2D eigenvalue weighted by atomic mass is 10.2. The lowest BCUT2D eigenvalue weighted by Gasteiger charge is -2.26. The third-order valence-corrected chi connectivity index (χ3v) is 3.66. The van der Waals surface area contributed by atoms with Crippen molar-refractivity contribution in [2.45, 2.75) is 6.54 Å². The van der Waals surface area contributed by atoms with Gasteiger partial charge in [-0.1, -0.05) is 34.1 Å². The van der Waals surface area contributed by atoms with Crippen molar-refractivity contribution in [3.8, 4) is 0 Å². The van der Waals surface area contributed by atoms with Crippen molar-refractivity contribution in [3.05, 3.63) is 36.0 Å². The van der Waals surface area contributed by atoms with Crippen LogP contribution in [0, 0.1) is 0 Å². The van der Waals surface area contributed by atoms with Crippen LogP contribution in [0.25, 0.3) is 10.9 Å².